The van der Waals surface area contributed by atoms with Crippen LogP contribution in [0.3, 0.4) is 0 Å². The van der Waals surface area contributed by atoms with Crippen molar-refractivity contribution in [3.8, 4) is 5.75 Å². The van der Waals surface area contributed by atoms with Crippen molar-refractivity contribution in [1.29, 1.82) is 0 Å². The van der Waals surface area contributed by atoms with Crippen LogP contribution in [0.2, 0.25) is 0 Å². The van der Waals surface area contributed by atoms with Crippen LogP contribution in [0.25, 0.3) is 17.1 Å². The van der Waals surface area contributed by atoms with Crippen LogP contribution < -0.4 is 10.5 Å². The molecule has 2 rings (SSSR count). The van der Waals surface area contributed by atoms with Gasteiger partial charge in [0.05, 0.1) is 12.3 Å². The number of carbonyl (C=O) groups is 1. The summed E-state index contributed by atoms with van der Waals surface area (Å²) in [4.78, 5) is 18.0. The van der Waals surface area contributed by atoms with Gasteiger partial charge in [0.1, 0.15) is 11.4 Å². The number of primary amides is 1. The van der Waals surface area contributed by atoms with E-state index in [1.54, 1.807) is 18.5 Å². The number of hydrogen-bond acceptors (Lipinski definition) is 3. The summed E-state index contributed by atoms with van der Waals surface area (Å²) in [6.45, 7) is 3.91. The molecule has 0 bridgehead atoms. The molecule has 1 amide bonds. The van der Waals surface area contributed by atoms with Crippen molar-refractivity contribution in [2.45, 2.75) is 20.0 Å². The Morgan fingerprint density at radius 1 is 1.56 bits per heavy atom. The molecule has 2 heterocycles. The van der Waals surface area contributed by atoms with Crippen LogP contribution in [0.4, 0.5) is 0 Å². The van der Waals surface area contributed by atoms with Gasteiger partial charge in [-0.05, 0) is 26.0 Å². The molecule has 3 N–H and O–H groups in total. The average Bonchev–Trinajstić information content (AvgIpc) is 2.68. The maximum atomic E-state index is 10.7. The first kappa shape index (κ1) is 12.2. The zero-order chi connectivity index (χ0) is 13.1. The molecule has 0 atom stereocenters. The van der Waals surface area contributed by atoms with Gasteiger partial charge in [0.15, 0.2) is 0 Å². The molecular formula is C13H15N3O2. The molecule has 5 nitrogen and oxygen atoms in total. The number of nitrogens with zero attached hydrogens (tertiary/aromatic N) is 1. The summed E-state index contributed by atoms with van der Waals surface area (Å²) in [5.74, 6) is 0.220. The highest BCUT2D eigenvalue weighted by Gasteiger charge is 2.05. The van der Waals surface area contributed by atoms with E-state index in [1.165, 1.54) is 6.08 Å². The Kier molecular flexibility index (Phi) is 3.32. The number of ether oxygens (including phenoxy) is 1. The molecule has 0 radical (unpaired) electrons. The number of aromatic amines is 1. The second-order valence-electron chi connectivity index (χ2n) is 4.21. The summed E-state index contributed by atoms with van der Waals surface area (Å²) in [6.07, 6.45) is 6.50. The van der Waals surface area contributed by atoms with Gasteiger partial charge in [0.2, 0.25) is 5.91 Å². The Morgan fingerprint density at radius 2 is 2.33 bits per heavy atom. The van der Waals surface area contributed by atoms with E-state index in [0.29, 0.717) is 5.75 Å². The van der Waals surface area contributed by atoms with E-state index in [-0.39, 0.29) is 6.10 Å². The van der Waals surface area contributed by atoms with Gasteiger partial charge in [0.25, 0.3) is 0 Å². The first-order chi connectivity index (χ1) is 8.56. The number of amides is 1. The van der Waals surface area contributed by atoms with E-state index < -0.39 is 5.91 Å². The van der Waals surface area contributed by atoms with E-state index >= 15 is 0 Å². The number of nitrogens with one attached hydrogen (secondary N) is 1. The second kappa shape index (κ2) is 4.91. The number of hydrogen-bond donors (Lipinski definition) is 2. The van der Waals surface area contributed by atoms with Gasteiger partial charge < -0.3 is 15.5 Å². The van der Waals surface area contributed by atoms with Gasteiger partial charge in [0, 0.05) is 23.2 Å². The van der Waals surface area contributed by atoms with Crippen molar-refractivity contribution in [3.63, 3.8) is 0 Å². The van der Waals surface area contributed by atoms with Crippen LogP contribution in [-0.2, 0) is 4.79 Å². The number of carbonyl (C=O) groups excluding carboxylic acids is 1. The van der Waals surface area contributed by atoms with Crippen LogP contribution in [0.15, 0.2) is 24.5 Å². The van der Waals surface area contributed by atoms with Crippen molar-refractivity contribution in [2.75, 3.05) is 0 Å². The fraction of sp³-hybridized carbons (Fsp3) is 0.231. The molecule has 5 heteroatoms. The Hall–Kier alpha value is -2.30. The van der Waals surface area contributed by atoms with E-state index in [9.17, 15) is 4.79 Å². The minimum atomic E-state index is -0.480. The SMILES string of the molecule is CC(C)Oc1cnc2[nH]cc(/C=C/C(N)=O)c2c1. The van der Waals surface area contributed by atoms with Crippen LogP contribution in [0, 0.1) is 0 Å². The lowest BCUT2D eigenvalue weighted by atomic mass is 10.2. The van der Waals surface area contributed by atoms with Gasteiger partial charge in [-0.15, -0.1) is 0 Å². The molecule has 0 aliphatic rings. The summed E-state index contributed by atoms with van der Waals surface area (Å²) in [6, 6.07) is 1.89. The summed E-state index contributed by atoms with van der Waals surface area (Å²) in [7, 11) is 0. The van der Waals surface area contributed by atoms with Crippen molar-refractivity contribution in [2.24, 2.45) is 5.73 Å². The lowest BCUT2D eigenvalue weighted by molar-refractivity contribution is -0.113. The highest BCUT2D eigenvalue weighted by molar-refractivity contribution is 5.94. The molecule has 0 aliphatic carbocycles. The largest absolute Gasteiger partial charge is 0.489 e. The fourth-order valence-electron chi connectivity index (χ4n) is 1.65. The lowest BCUT2D eigenvalue weighted by Crippen LogP contribution is -2.05. The van der Waals surface area contributed by atoms with Gasteiger partial charge in [-0.25, -0.2) is 4.98 Å². The number of rotatable bonds is 4. The third-order valence-corrected chi connectivity index (χ3v) is 2.34. The Bertz CT molecular complexity index is 599. The van der Waals surface area contributed by atoms with Crippen molar-refractivity contribution in [1.82, 2.24) is 9.97 Å². The van der Waals surface area contributed by atoms with Crippen LogP contribution in [0.1, 0.15) is 19.4 Å². The van der Waals surface area contributed by atoms with E-state index in [0.717, 1.165) is 16.6 Å². The molecule has 0 spiro atoms. The van der Waals surface area contributed by atoms with Crippen molar-refractivity contribution in [3.05, 3.63) is 30.1 Å². The third-order valence-electron chi connectivity index (χ3n) is 2.34. The minimum absolute atomic E-state index is 0.0906. The van der Waals surface area contributed by atoms with E-state index in [2.05, 4.69) is 9.97 Å². The molecule has 94 valence electrons. The maximum Gasteiger partial charge on any atom is 0.241 e. The maximum absolute atomic E-state index is 10.7. The quantitative estimate of drug-likeness (QED) is 0.806. The predicted molar refractivity (Wildman–Crippen MR) is 70.1 cm³/mol. The monoisotopic (exact) mass is 245 g/mol. The van der Waals surface area contributed by atoms with Crippen LogP contribution in [0.5, 0.6) is 5.75 Å². The summed E-state index contributed by atoms with van der Waals surface area (Å²) in [5.41, 5.74) is 6.67. The van der Waals surface area contributed by atoms with Crippen molar-refractivity contribution < 1.29 is 9.53 Å². The van der Waals surface area contributed by atoms with Gasteiger partial charge in [-0.2, -0.15) is 0 Å². The van der Waals surface area contributed by atoms with E-state index in [4.69, 9.17) is 10.5 Å². The summed E-state index contributed by atoms with van der Waals surface area (Å²) < 4.78 is 5.58. The van der Waals surface area contributed by atoms with Crippen molar-refractivity contribution >= 4 is 23.0 Å². The van der Waals surface area contributed by atoms with E-state index in [1.807, 2.05) is 19.9 Å². The predicted octanol–water partition coefficient (Wildman–Crippen LogP) is 1.85. The molecule has 18 heavy (non-hydrogen) atoms. The molecule has 0 saturated heterocycles. The zero-order valence-corrected chi connectivity index (χ0v) is 10.3. The first-order valence-corrected chi connectivity index (χ1v) is 5.67. The fourth-order valence-corrected chi connectivity index (χ4v) is 1.65. The standard InChI is InChI=1S/C13H15N3O2/c1-8(2)18-10-5-11-9(3-4-12(14)17)6-15-13(11)16-7-10/h3-8H,1-2H3,(H2,14,17)(H,15,16)/b4-3+. The smallest absolute Gasteiger partial charge is 0.241 e. The lowest BCUT2D eigenvalue weighted by Gasteiger charge is -2.08. The topological polar surface area (TPSA) is 81.0 Å². The molecular weight excluding hydrogens is 230 g/mol. The zero-order valence-electron chi connectivity index (χ0n) is 10.3. The van der Waals surface area contributed by atoms with Crippen LogP contribution in [-0.4, -0.2) is 22.0 Å². The number of pyridine rings is 1. The number of fused-ring (bicyclic) bond motifs is 1. The number of H-pyrrole nitrogens is 1. The Balaban J connectivity index is 2.40. The second-order valence-corrected chi connectivity index (χ2v) is 4.21. The minimum Gasteiger partial charge on any atom is -0.489 e. The average molecular weight is 245 g/mol. The normalized spacial score (nSPS) is 11.5. The summed E-state index contributed by atoms with van der Waals surface area (Å²) in [5, 5.41) is 0.894. The molecule has 2 aromatic heterocycles. The molecule has 0 fully saturated rings. The Morgan fingerprint density at radius 3 is 3.00 bits per heavy atom. The molecule has 0 aromatic carbocycles. The number of aromatic nitrogens is 2. The Labute approximate surface area is 105 Å². The van der Waals surface area contributed by atoms with Gasteiger partial charge in [-0.3, -0.25) is 4.79 Å². The molecule has 0 aliphatic heterocycles. The molecule has 2 aromatic rings. The first-order valence-electron chi connectivity index (χ1n) is 5.67. The highest BCUT2D eigenvalue weighted by atomic mass is 16.5. The van der Waals surface area contributed by atoms with Gasteiger partial charge >= 0.3 is 0 Å². The molecule has 0 saturated carbocycles. The van der Waals surface area contributed by atoms with Crippen LogP contribution >= 0.6 is 0 Å². The molecule has 0 unspecified atom stereocenters. The van der Waals surface area contributed by atoms with Gasteiger partial charge in [-0.1, -0.05) is 0 Å². The summed E-state index contributed by atoms with van der Waals surface area (Å²) >= 11 is 0. The highest BCUT2D eigenvalue weighted by Crippen LogP contribution is 2.23. The number of nitrogens with two attached hydrogens (primary N) is 1. The third kappa shape index (κ3) is 2.68.